The Balaban J connectivity index is 0.000000203. The number of hydrogen-bond acceptors (Lipinski definition) is 4. The maximum Gasteiger partial charge on any atom is 0.317 e. The lowest BCUT2D eigenvalue weighted by Crippen LogP contribution is -2.01. The van der Waals surface area contributed by atoms with Gasteiger partial charge in [0.25, 0.3) is 0 Å². The highest BCUT2D eigenvalue weighted by molar-refractivity contribution is 7.87. The molecule has 7 nitrogen and oxygen atoms in total. The van der Waals surface area contributed by atoms with Crippen molar-refractivity contribution < 1.29 is 21.2 Å². The van der Waals surface area contributed by atoms with Crippen molar-refractivity contribution in [2.45, 2.75) is 0 Å². The Kier molecular flexibility index (Phi) is 5.82. The van der Waals surface area contributed by atoms with Crippen LogP contribution in [0.5, 0.6) is 0 Å². The Morgan fingerprint density at radius 1 is 1.00 bits per heavy atom. The number of pyridine rings is 1. The molecule has 0 bridgehead atoms. The van der Waals surface area contributed by atoms with Crippen LogP contribution in [0.25, 0.3) is 10.9 Å². The summed E-state index contributed by atoms with van der Waals surface area (Å²) in [6, 6.07) is 11.0. The molecule has 3 N–H and O–H groups in total. The summed E-state index contributed by atoms with van der Waals surface area (Å²) >= 11 is -5.29. The van der Waals surface area contributed by atoms with Gasteiger partial charge >= 0.3 is 22.7 Å². The Morgan fingerprint density at radius 3 is 2.17 bits per heavy atom. The lowest BCUT2D eigenvalue weighted by molar-refractivity contribution is 0.427. The molecule has 0 radical (unpaired) electrons. The van der Waals surface area contributed by atoms with Crippen molar-refractivity contribution in [3.63, 3.8) is 0 Å². The standard InChI is InChI=1S/C9H7NO.H2O5S2/c11-9-6-5-7-3-1-2-4-8(7)10-9;1-6(2)5-7(3)4/h1-6H,(H,10,11);(H,1,2)(H,3,4). The highest BCUT2D eigenvalue weighted by Crippen LogP contribution is 2.06. The van der Waals surface area contributed by atoms with Gasteiger partial charge in [0, 0.05) is 11.6 Å². The first kappa shape index (κ1) is 14.7. The Labute approximate surface area is 107 Å². The minimum Gasteiger partial charge on any atom is -0.322 e. The highest BCUT2D eigenvalue weighted by atomic mass is 32.3. The van der Waals surface area contributed by atoms with Crippen LogP contribution in [0.15, 0.2) is 41.2 Å². The quantitative estimate of drug-likeness (QED) is 0.705. The normalized spacial score (nSPS) is 13.4. The number of rotatable bonds is 2. The predicted molar refractivity (Wildman–Crippen MR) is 67.2 cm³/mol. The van der Waals surface area contributed by atoms with Crippen LogP contribution >= 0.6 is 0 Å². The maximum atomic E-state index is 10.8. The second kappa shape index (κ2) is 7.13. The molecule has 1 aromatic heterocycles. The fraction of sp³-hybridized carbons (Fsp3) is 0. The molecule has 0 atom stereocenters. The van der Waals surface area contributed by atoms with Crippen LogP contribution in [-0.2, 0) is 26.4 Å². The maximum absolute atomic E-state index is 10.8. The summed E-state index contributed by atoms with van der Waals surface area (Å²) in [6.45, 7) is 0. The van der Waals surface area contributed by atoms with E-state index in [4.69, 9.17) is 9.11 Å². The van der Waals surface area contributed by atoms with Gasteiger partial charge in [-0.15, -0.1) is 3.63 Å². The molecule has 0 saturated heterocycles. The number of fused-ring (bicyclic) bond motifs is 1. The van der Waals surface area contributed by atoms with E-state index in [2.05, 4.69) is 8.61 Å². The molecule has 9 heteroatoms. The SMILES string of the molecule is O=S(O)OS(=O)O.O=c1ccc2ccccc2[nH]1. The summed E-state index contributed by atoms with van der Waals surface area (Å²) < 4.78 is 37.2. The fourth-order valence-electron chi connectivity index (χ4n) is 1.15. The minimum atomic E-state index is -2.65. The van der Waals surface area contributed by atoms with Gasteiger partial charge in [0.1, 0.15) is 0 Å². The molecular formula is C9H9NO6S2. The van der Waals surface area contributed by atoms with Crippen LogP contribution in [0.2, 0.25) is 0 Å². The fourth-order valence-corrected chi connectivity index (χ4v) is 1.54. The molecule has 0 saturated carbocycles. The Hall–Kier alpha value is -1.39. The number of para-hydroxylation sites is 1. The number of benzene rings is 1. The topological polar surface area (TPSA) is 117 Å². The van der Waals surface area contributed by atoms with E-state index in [1.165, 1.54) is 6.07 Å². The number of aromatic nitrogens is 1. The van der Waals surface area contributed by atoms with Crippen LogP contribution in [0, 0.1) is 0 Å². The van der Waals surface area contributed by atoms with E-state index >= 15 is 0 Å². The average molecular weight is 291 g/mol. The molecule has 2 rings (SSSR count). The van der Waals surface area contributed by atoms with Crippen LogP contribution in [0.1, 0.15) is 0 Å². The van der Waals surface area contributed by atoms with Gasteiger partial charge in [0.15, 0.2) is 0 Å². The summed E-state index contributed by atoms with van der Waals surface area (Å²) in [6.07, 6.45) is 0. The van der Waals surface area contributed by atoms with E-state index in [1.807, 2.05) is 30.3 Å². The van der Waals surface area contributed by atoms with E-state index in [0.29, 0.717) is 0 Å². The molecule has 0 unspecified atom stereocenters. The van der Waals surface area contributed by atoms with Gasteiger partial charge in [0.05, 0.1) is 0 Å². The van der Waals surface area contributed by atoms with Crippen molar-refractivity contribution in [3.8, 4) is 0 Å². The van der Waals surface area contributed by atoms with Gasteiger partial charge in [-0.05, 0) is 17.5 Å². The molecule has 0 spiro atoms. The van der Waals surface area contributed by atoms with Crippen LogP contribution in [0.3, 0.4) is 0 Å². The van der Waals surface area contributed by atoms with Crippen molar-refractivity contribution >= 4 is 33.6 Å². The molecule has 18 heavy (non-hydrogen) atoms. The summed E-state index contributed by atoms with van der Waals surface area (Å²) in [7, 11) is 0. The molecule has 98 valence electrons. The van der Waals surface area contributed by atoms with Gasteiger partial charge in [0.2, 0.25) is 5.56 Å². The Morgan fingerprint density at radius 2 is 1.61 bits per heavy atom. The molecule has 1 aromatic carbocycles. The molecule has 1 heterocycles. The van der Waals surface area contributed by atoms with Crippen molar-refractivity contribution in [1.82, 2.24) is 4.98 Å². The van der Waals surface area contributed by atoms with E-state index < -0.39 is 22.7 Å². The van der Waals surface area contributed by atoms with Gasteiger partial charge in [-0.3, -0.25) is 13.9 Å². The smallest absolute Gasteiger partial charge is 0.317 e. The highest BCUT2D eigenvalue weighted by Gasteiger charge is 1.96. The van der Waals surface area contributed by atoms with Gasteiger partial charge in [-0.25, -0.2) is 0 Å². The first-order valence-corrected chi connectivity index (χ1v) is 6.54. The van der Waals surface area contributed by atoms with E-state index in [9.17, 15) is 13.2 Å². The van der Waals surface area contributed by atoms with Crippen LogP contribution in [-0.4, -0.2) is 22.5 Å². The molecule has 0 aliphatic rings. The lowest BCUT2D eigenvalue weighted by atomic mass is 10.2. The third-order valence-electron chi connectivity index (χ3n) is 1.75. The van der Waals surface area contributed by atoms with Gasteiger partial charge in [-0.2, -0.15) is 8.42 Å². The molecule has 0 fully saturated rings. The molecule has 0 amide bonds. The molecule has 0 aliphatic carbocycles. The second-order valence-corrected chi connectivity index (χ2v) is 4.32. The Bertz CT molecular complexity index is 613. The number of H-pyrrole nitrogens is 1. The zero-order valence-corrected chi connectivity index (χ0v) is 10.4. The molecular weight excluding hydrogens is 282 g/mol. The zero-order chi connectivity index (χ0) is 13.5. The van der Waals surface area contributed by atoms with Crippen molar-refractivity contribution in [3.05, 3.63) is 46.8 Å². The van der Waals surface area contributed by atoms with Crippen molar-refractivity contribution in [2.24, 2.45) is 0 Å². The summed E-state index contributed by atoms with van der Waals surface area (Å²) in [5.74, 6) is 0. The number of hydrogen-bond donors (Lipinski definition) is 3. The van der Waals surface area contributed by atoms with Gasteiger partial charge < -0.3 is 4.98 Å². The van der Waals surface area contributed by atoms with Crippen LogP contribution < -0.4 is 5.56 Å². The van der Waals surface area contributed by atoms with Crippen molar-refractivity contribution in [2.75, 3.05) is 0 Å². The number of nitrogens with one attached hydrogen (secondary N) is 1. The zero-order valence-electron chi connectivity index (χ0n) is 8.81. The summed E-state index contributed by atoms with van der Waals surface area (Å²) in [4.78, 5) is 13.6. The molecule has 2 aromatic rings. The third kappa shape index (κ3) is 5.29. The minimum absolute atomic E-state index is 0.0521. The van der Waals surface area contributed by atoms with Gasteiger partial charge in [-0.1, -0.05) is 18.2 Å². The summed E-state index contributed by atoms with van der Waals surface area (Å²) in [5, 5.41) is 1.06. The molecule has 0 aliphatic heterocycles. The monoisotopic (exact) mass is 291 g/mol. The first-order chi connectivity index (χ1) is 8.49. The van der Waals surface area contributed by atoms with E-state index in [1.54, 1.807) is 0 Å². The van der Waals surface area contributed by atoms with E-state index in [-0.39, 0.29) is 5.56 Å². The van der Waals surface area contributed by atoms with E-state index in [0.717, 1.165) is 10.9 Å². The summed E-state index contributed by atoms with van der Waals surface area (Å²) in [5.41, 5.74) is 0.837. The van der Waals surface area contributed by atoms with Crippen molar-refractivity contribution in [1.29, 1.82) is 0 Å². The first-order valence-electron chi connectivity index (χ1n) is 4.47. The number of aromatic amines is 1. The second-order valence-electron chi connectivity index (χ2n) is 2.91. The predicted octanol–water partition coefficient (Wildman–Crippen LogP) is 0.804. The average Bonchev–Trinajstić information content (AvgIpc) is 2.27. The largest absolute Gasteiger partial charge is 0.322 e. The lowest BCUT2D eigenvalue weighted by Gasteiger charge is -1.93. The third-order valence-corrected chi connectivity index (χ3v) is 2.68. The van der Waals surface area contributed by atoms with Crippen LogP contribution in [0.4, 0.5) is 0 Å².